The fourth-order valence-corrected chi connectivity index (χ4v) is 7.95. The Balaban J connectivity index is 1.18. The molecule has 0 atom stereocenters. The highest BCUT2D eigenvalue weighted by Crippen LogP contribution is 2.54. The molecule has 1 aliphatic rings. The second-order valence-corrected chi connectivity index (χ2v) is 14.2. The number of anilines is 3. The molecule has 0 aliphatic heterocycles. The molecule has 0 spiro atoms. The van der Waals surface area contributed by atoms with Crippen molar-refractivity contribution in [1.29, 1.82) is 0 Å². The molecule has 0 bridgehead atoms. The minimum atomic E-state index is -0.149. The lowest BCUT2D eigenvalue weighted by atomic mass is 9.81. The van der Waals surface area contributed by atoms with E-state index in [-0.39, 0.29) is 5.41 Å². The highest BCUT2D eigenvalue weighted by atomic mass is 15.1. The predicted molar refractivity (Wildman–Crippen MR) is 220 cm³/mol. The van der Waals surface area contributed by atoms with Gasteiger partial charge in [0, 0.05) is 22.5 Å². The van der Waals surface area contributed by atoms with Gasteiger partial charge >= 0.3 is 0 Å². The Morgan fingerprint density at radius 2 is 0.692 bits per heavy atom. The van der Waals surface area contributed by atoms with Gasteiger partial charge in [-0.05, 0) is 103 Å². The minimum absolute atomic E-state index is 0.149. The fraction of sp³-hybridized carbons (Fsp3) is 0.0588. The molecule has 248 valence electrons. The molecule has 0 N–H and O–H groups in total. The van der Waals surface area contributed by atoms with Crippen molar-refractivity contribution in [2.45, 2.75) is 19.3 Å². The van der Waals surface area contributed by atoms with Gasteiger partial charge in [0.2, 0.25) is 0 Å². The zero-order valence-corrected chi connectivity index (χ0v) is 29.5. The van der Waals surface area contributed by atoms with Crippen LogP contribution in [-0.2, 0) is 5.41 Å². The third-order valence-electron chi connectivity index (χ3n) is 10.7. The maximum Gasteiger partial charge on any atom is 0.0471 e. The zero-order chi connectivity index (χ0) is 35.1. The molecule has 0 fully saturated rings. The van der Waals surface area contributed by atoms with Crippen LogP contribution in [-0.4, -0.2) is 0 Å². The summed E-state index contributed by atoms with van der Waals surface area (Å²) >= 11 is 0. The quantitative estimate of drug-likeness (QED) is 0.164. The Hall–Kier alpha value is -6.44. The Bertz CT molecular complexity index is 2480. The van der Waals surface area contributed by atoms with Crippen LogP contribution in [0.3, 0.4) is 0 Å². The predicted octanol–water partition coefficient (Wildman–Crippen LogP) is 14.1. The number of rotatable bonds is 7. The molecular formula is C51H39N. The molecule has 1 aliphatic carbocycles. The van der Waals surface area contributed by atoms with E-state index < -0.39 is 0 Å². The third kappa shape index (κ3) is 5.61. The summed E-state index contributed by atoms with van der Waals surface area (Å²) in [5.41, 5.74) is 18.4. The van der Waals surface area contributed by atoms with E-state index in [4.69, 9.17) is 0 Å². The zero-order valence-electron chi connectivity index (χ0n) is 29.5. The first-order valence-corrected chi connectivity index (χ1v) is 18.1. The van der Waals surface area contributed by atoms with E-state index in [0.29, 0.717) is 0 Å². The Morgan fingerprint density at radius 3 is 1.17 bits per heavy atom. The van der Waals surface area contributed by atoms with Gasteiger partial charge in [0.05, 0.1) is 0 Å². The lowest BCUT2D eigenvalue weighted by molar-refractivity contribution is 0.660. The van der Waals surface area contributed by atoms with E-state index >= 15 is 0 Å². The van der Waals surface area contributed by atoms with Crippen molar-refractivity contribution >= 4 is 17.1 Å². The molecule has 0 saturated carbocycles. The van der Waals surface area contributed by atoms with Gasteiger partial charge in [-0.25, -0.2) is 0 Å². The summed E-state index contributed by atoms with van der Waals surface area (Å²) in [7, 11) is 0. The second kappa shape index (κ2) is 13.0. The molecule has 0 heterocycles. The van der Waals surface area contributed by atoms with Gasteiger partial charge in [-0.2, -0.15) is 0 Å². The first-order valence-electron chi connectivity index (χ1n) is 18.1. The third-order valence-corrected chi connectivity index (χ3v) is 10.7. The average molecular weight is 666 g/mol. The van der Waals surface area contributed by atoms with Crippen molar-refractivity contribution in [2.24, 2.45) is 0 Å². The molecule has 0 saturated heterocycles. The number of hydrogen-bond donors (Lipinski definition) is 0. The molecule has 9 rings (SSSR count). The summed E-state index contributed by atoms with van der Waals surface area (Å²) in [5.74, 6) is 0. The van der Waals surface area contributed by atoms with Gasteiger partial charge in [0.15, 0.2) is 0 Å². The van der Waals surface area contributed by atoms with Crippen LogP contribution in [0.1, 0.15) is 25.0 Å². The van der Waals surface area contributed by atoms with Crippen molar-refractivity contribution in [1.82, 2.24) is 0 Å². The molecule has 0 unspecified atom stereocenters. The highest BCUT2D eigenvalue weighted by molar-refractivity contribution is 5.96. The summed E-state index contributed by atoms with van der Waals surface area (Å²) in [5, 5.41) is 0. The van der Waals surface area contributed by atoms with Gasteiger partial charge in [-0.3, -0.25) is 0 Å². The Labute approximate surface area is 307 Å². The number of benzene rings is 8. The summed E-state index contributed by atoms with van der Waals surface area (Å²) in [6.07, 6.45) is 0. The van der Waals surface area contributed by atoms with Crippen LogP contribution < -0.4 is 4.90 Å². The maximum absolute atomic E-state index is 2.43. The van der Waals surface area contributed by atoms with Crippen LogP contribution in [0, 0.1) is 0 Å². The van der Waals surface area contributed by atoms with Crippen LogP contribution in [0.25, 0.3) is 55.6 Å². The monoisotopic (exact) mass is 665 g/mol. The van der Waals surface area contributed by atoms with Crippen LogP contribution in [0.2, 0.25) is 0 Å². The molecule has 8 aromatic carbocycles. The molecule has 0 radical (unpaired) electrons. The first kappa shape index (κ1) is 31.5. The van der Waals surface area contributed by atoms with Crippen molar-refractivity contribution < 1.29 is 0 Å². The van der Waals surface area contributed by atoms with E-state index in [1.165, 1.54) is 66.8 Å². The standard InChI is InChI=1S/C51H39N/c1-51(2)48-21-13-12-20-46(48)50-47(42-18-10-5-11-19-42)34-45(35-49(50)51)52(43-30-26-40(27-31-43)37-16-8-4-9-17-37)44-32-28-41(29-33-44)39-24-22-38(23-25-39)36-14-6-3-7-15-36/h3-35H,1-2H3. The molecule has 8 aromatic rings. The average Bonchev–Trinajstić information content (AvgIpc) is 3.45. The Morgan fingerprint density at radius 1 is 0.308 bits per heavy atom. The lowest BCUT2D eigenvalue weighted by Gasteiger charge is -2.29. The number of hydrogen-bond acceptors (Lipinski definition) is 1. The van der Waals surface area contributed by atoms with Crippen molar-refractivity contribution in [2.75, 3.05) is 4.90 Å². The molecular weight excluding hydrogens is 627 g/mol. The number of fused-ring (bicyclic) bond motifs is 3. The van der Waals surface area contributed by atoms with E-state index in [2.05, 4.69) is 219 Å². The van der Waals surface area contributed by atoms with Gasteiger partial charge in [-0.15, -0.1) is 0 Å². The molecule has 0 aromatic heterocycles. The summed E-state index contributed by atoms with van der Waals surface area (Å²) in [6, 6.07) is 72.7. The smallest absolute Gasteiger partial charge is 0.0471 e. The van der Waals surface area contributed by atoms with Crippen molar-refractivity contribution in [3.05, 3.63) is 211 Å². The molecule has 0 amide bonds. The van der Waals surface area contributed by atoms with Crippen molar-refractivity contribution in [3.63, 3.8) is 0 Å². The van der Waals surface area contributed by atoms with Crippen molar-refractivity contribution in [3.8, 4) is 55.6 Å². The normalized spacial score (nSPS) is 12.6. The SMILES string of the molecule is CC1(C)c2ccccc2-c2c(-c3ccccc3)cc(N(c3ccc(-c4ccccc4)cc3)c3ccc(-c4ccc(-c5ccccc5)cc4)cc3)cc21. The van der Waals surface area contributed by atoms with Gasteiger partial charge < -0.3 is 4.90 Å². The second-order valence-electron chi connectivity index (χ2n) is 14.2. The summed E-state index contributed by atoms with van der Waals surface area (Å²) in [4.78, 5) is 2.42. The van der Waals surface area contributed by atoms with E-state index in [1.807, 2.05) is 0 Å². The fourth-order valence-electron chi connectivity index (χ4n) is 7.95. The molecule has 52 heavy (non-hydrogen) atoms. The van der Waals surface area contributed by atoms with Gasteiger partial charge in [-0.1, -0.05) is 178 Å². The topological polar surface area (TPSA) is 3.24 Å². The first-order chi connectivity index (χ1) is 25.5. The summed E-state index contributed by atoms with van der Waals surface area (Å²) < 4.78 is 0. The van der Waals surface area contributed by atoms with Crippen LogP contribution >= 0.6 is 0 Å². The van der Waals surface area contributed by atoms with Crippen LogP contribution in [0.4, 0.5) is 17.1 Å². The van der Waals surface area contributed by atoms with Crippen LogP contribution in [0.5, 0.6) is 0 Å². The van der Waals surface area contributed by atoms with Gasteiger partial charge in [0.25, 0.3) is 0 Å². The Kier molecular flexibility index (Phi) is 7.90. The number of nitrogens with zero attached hydrogens (tertiary/aromatic N) is 1. The minimum Gasteiger partial charge on any atom is -0.310 e. The summed E-state index contributed by atoms with van der Waals surface area (Å²) in [6.45, 7) is 4.74. The largest absolute Gasteiger partial charge is 0.310 e. The maximum atomic E-state index is 2.43. The lowest BCUT2D eigenvalue weighted by Crippen LogP contribution is -2.17. The highest BCUT2D eigenvalue weighted by Gasteiger charge is 2.37. The molecule has 1 heteroatoms. The van der Waals surface area contributed by atoms with E-state index in [9.17, 15) is 0 Å². The van der Waals surface area contributed by atoms with Gasteiger partial charge in [0.1, 0.15) is 0 Å². The van der Waals surface area contributed by atoms with E-state index in [1.54, 1.807) is 0 Å². The van der Waals surface area contributed by atoms with Crippen LogP contribution in [0.15, 0.2) is 200 Å². The molecule has 1 nitrogen and oxygen atoms in total. The van der Waals surface area contributed by atoms with E-state index in [0.717, 1.165) is 17.1 Å².